The van der Waals surface area contributed by atoms with E-state index in [0.717, 1.165) is 22.8 Å². The Kier molecular flexibility index (Phi) is 4.33. The highest BCUT2D eigenvalue weighted by molar-refractivity contribution is 14.1. The summed E-state index contributed by atoms with van der Waals surface area (Å²) in [6.07, 6.45) is 3.09. The Morgan fingerprint density at radius 1 is 1.40 bits per heavy atom. The molecule has 2 nitrogen and oxygen atoms in total. The van der Waals surface area contributed by atoms with Crippen molar-refractivity contribution < 1.29 is 4.79 Å². The Morgan fingerprint density at radius 2 is 2.25 bits per heavy atom. The molecule has 1 N–H and O–H groups in total. The quantitative estimate of drug-likeness (QED) is 0.680. The molecule has 20 heavy (non-hydrogen) atoms. The third-order valence-electron chi connectivity index (χ3n) is 3.56. The van der Waals surface area contributed by atoms with Crippen molar-refractivity contribution in [2.75, 3.05) is 5.32 Å². The largest absolute Gasteiger partial charge is 0.324 e. The number of benzene rings is 1. The summed E-state index contributed by atoms with van der Waals surface area (Å²) in [5, 5.41) is 5.64. The molecule has 1 aliphatic rings. The van der Waals surface area contributed by atoms with E-state index in [9.17, 15) is 4.79 Å². The average molecular weight is 418 g/mol. The molecular formula is C15H13ClINOS. The molecular weight excluding hydrogens is 405 g/mol. The molecule has 2 aromatic rings. The van der Waals surface area contributed by atoms with E-state index in [1.807, 2.05) is 18.2 Å². The number of anilines is 1. The Hall–Kier alpha value is -0.590. The van der Waals surface area contributed by atoms with E-state index in [-0.39, 0.29) is 11.8 Å². The lowest BCUT2D eigenvalue weighted by atomic mass is 9.87. The van der Waals surface area contributed by atoms with E-state index in [4.69, 9.17) is 11.6 Å². The van der Waals surface area contributed by atoms with Gasteiger partial charge in [0.15, 0.2) is 0 Å². The van der Waals surface area contributed by atoms with E-state index in [2.05, 4.69) is 39.4 Å². The third-order valence-corrected chi connectivity index (χ3v) is 5.54. The number of nitrogens with one attached hydrogen (secondary N) is 1. The summed E-state index contributed by atoms with van der Waals surface area (Å²) in [6, 6.07) is 7.74. The zero-order valence-electron chi connectivity index (χ0n) is 10.7. The van der Waals surface area contributed by atoms with E-state index in [0.29, 0.717) is 10.7 Å². The lowest BCUT2D eigenvalue weighted by molar-refractivity contribution is -0.117. The van der Waals surface area contributed by atoms with Gasteiger partial charge in [0, 0.05) is 8.45 Å². The van der Waals surface area contributed by atoms with E-state index < -0.39 is 0 Å². The first-order valence-electron chi connectivity index (χ1n) is 6.47. The maximum Gasteiger partial charge on any atom is 0.231 e. The summed E-state index contributed by atoms with van der Waals surface area (Å²) in [4.78, 5) is 13.9. The number of amides is 1. The first-order chi connectivity index (χ1) is 9.65. The van der Waals surface area contributed by atoms with E-state index >= 15 is 0 Å². The summed E-state index contributed by atoms with van der Waals surface area (Å²) in [5.74, 6) is 0.00722. The number of carbonyl (C=O) groups is 1. The normalized spacial score (nSPS) is 17.6. The van der Waals surface area contributed by atoms with Crippen LogP contribution in [0, 0.1) is 3.57 Å². The lowest BCUT2D eigenvalue weighted by Crippen LogP contribution is -2.24. The Balaban J connectivity index is 1.81. The van der Waals surface area contributed by atoms with E-state index in [1.54, 1.807) is 11.3 Å². The fourth-order valence-electron chi connectivity index (χ4n) is 2.57. The number of hydrogen-bond acceptors (Lipinski definition) is 2. The number of halogens is 2. The number of aryl methyl sites for hydroxylation is 1. The topological polar surface area (TPSA) is 29.1 Å². The average Bonchev–Trinajstić information content (AvgIpc) is 2.90. The van der Waals surface area contributed by atoms with Crippen LogP contribution in [0.3, 0.4) is 0 Å². The zero-order valence-corrected chi connectivity index (χ0v) is 14.4. The van der Waals surface area contributed by atoms with Crippen molar-refractivity contribution in [1.29, 1.82) is 0 Å². The van der Waals surface area contributed by atoms with Crippen molar-refractivity contribution in [2.45, 2.75) is 25.2 Å². The second-order valence-electron chi connectivity index (χ2n) is 4.86. The molecule has 5 heteroatoms. The SMILES string of the molecule is O=C(Nc1ccc(I)cc1Cl)C1CCCc2sccc21. The number of rotatable bonds is 2. The highest BCUT2D eigenvalue weighted by Gasteiger charge is 2.27. The third kappa shape index (κ3) is 2.87. The van der Waals surface area contributed by atoms with Gasteiger partial charge in [0.2, 0.25) is 5.91 Å². The summed E-state index contributed by atoms with van der Waals surface area (Å²) in [5.41, 5.74) is 1.89. The lowest BCUT2D eigenvalue weighted by Gasteiger charge is -2.22. The van der Waals surface area contributed by atoms with Gasteiger partial charge in [-0.15, -0.1) is 11.3 Å². The molecule has 0 spiro atoms. The monoisotopic (exact) mass is 417 g/mol. The standard InChI is InChI=1S/C15H13ClINOS/c16-12-8-9(17)4-5-13(12)18-15(19)11-2-1-3-14-10(11)6-7-20-14/h4-8,11H,1-3H2,(H,18,19). The van der Waals surface area contributed by atoms with Gasteiger partial charge in [0.05, 0.1) is 16.6 Å². The molecule has 0 saturated heterocycles. The molecule has 0 aliphatic heterocycles. The van der Waals surface area contributed by atoms with Gasteiger partial charge >= 0.3 is 0 Å². The number of hydrogen-bond donors (Lipinski definition) is 1. The van der Waals surface area contributed by atoms with Crippen molar-refractivity contribution in [1.82, 2.24) is 0 Å². The van der Waals surface area contributed by atoms with Crippen LogP contribution in [0.2, 0.25) is 5.02 Å². The van der Waals surface area contributed by atoms with Gasteiger partial charge in [-0.1, -0.05) is 11.6 Å². The molecule has 1 unspecified atom stereocenters. The van der Waals surface area contributed by atoms with Crippen molar-refractivity contribution in [3.63, 3.8) is 0 Å². The van der Waals surface area contributed by atoms with Gasteiger partial charge in [0.25, 0.3) is 0 Å². The molecule has 0 saturated carbocycles. The molecule has 1 aromatic carbocycles. The van der Waals surface area contributed by atoms with Gasteiger partial charge in [0.1, 0.15) is 0 Å². The highest BCUT2D eigenvalue weighted by Crippen LogP contribution is 2.36. The second kappa shape index (κ2) is 6.03. The molecule has 0 radical (unpaired) electrons. The Morgan fingerprint density at radius 3 is 3.05 bits per heavy atom. The van der Waals surface area contributed by atoms with Crippen molar-refractivity contribution in [2.24, 2.45) is 0 Å². The second-order valence-corrected chi connectivity index (χ2v) is 7.51. The highest BCUT2D eigenvalue weighted by atomic mass is 127. The van der Waals surface area contributed by atoms with Gasteiger partial charge in [-0.05, 0) is 77.1 Å². The molecule has 0 fully saturated rings. The molecule has 1 heterocycles. The molecule has 1 aliphatic carbocycles. The van der Waals surface area contributed by atoms with Crippen LogP contribution in [0.1, 0.15) is 29.2 Å². The van der Waals surface area contributed by atoms with Crippen LogP contribution in [-0.4, -0.2) is 5.91 Å². The van der Waals surface area contributed by atoms with Crippen molar-refractivity contribution >= 4 is 57.1 Å². The van der Waals surface area contributed by atoms with Crippen LogP contribution < -0.4 is 5.32 Å². The maximum atomic E-state index is 12.5. The van der Waals surface area contributed by atoms with Gasteiger partial charge < -0.3 is 5.32 Å². The molecule has 3 rings (SSSR count). The summed E-state index contributed by atoms with van der Waals surface area (Å²) in [7, 11) is 0. The van der Waals surface area contributed by atoms with Crippen LogP contribution in [0.4, 0.5) is 5.69 Å². The summed E-state index contributed by atoms with van der Waals surface area (Å²) in [6.45, 7) is 0. The van der Waals surface area contributed by atoms with Crippen molar-refractivity contribution in [3.8, 4) is 0 Å². The van der Waals surface area contributed by atoms with Crippen molar-refractivity contribution in [3.05, 3.63) is 48.7 Å². The summed E-state index contributed by atoms with van der Waals surface area (Å²) < 4.78 is 1.06. The molecule has 1 amide bonds. The van der Waals surface area contributed by atoms with Gasteiger partial charge in [-0.25, -0.2) is 0 Å². The number of thiophene rings is 1. The minimum absolute atomic E-state index is 0.0413. The smallest absolute Gasteiger partial charge is 0.231 e. The van der Waals surface area contributed by atoms with Crippen LogP contribution in [0.25, 0.3) is 0 Å². The minimum Gasteiger partial charge on any atom is -0.324 e. The van der Waals surface area contributed by atoms with Crippen LogP contribution >= 0.6 is 45.5 Å². The first kappa shape index (κ1) is 14.4. The molecule has 1 atom stereocenters. The van der Waals surface area contributed by atoms with Crippen LogP contribution in [0.15, 0.2) is 29.6 Å². The maximum absolute atomic E-state index is 12.5. The summed E-state index contributed by atoms with van der Waals surface area (Å²) >= 11 is 10.1. The number of fused-ring (bicyclic) bond motifs is 1. The Bertz CT molecular complexity index is 655. The van der Waals surface area contributed by atoms with Crippen LogP contribution in [-0.2, 0) is 11.2 Å². The molecule has 1 aromatic heterocycles. The first-order valence-corrected chi connectivity index (χ1v) is 8.81. The predicted octanol–water partition coefficient (Wildman–Crippen LogP) is 5.06. The van der Waals surface area contributed by atoms with Crippen LogP contribution in [0.5, 0.6) is 0 Å². The zero-order chi connectivity index (χ0) is 14.1. The fraction of sp³-hybridized carbons (Fsp3) is 0.267. The van der Waals surface area contributed by atoms with E-state index in [1.165, 1.54) is 10.4 Å². The fourth-order valence-corrected chi connectivity index (χ4v) is 4.46. The number of carbonyl (C=O) groups excluding carboxylic acids is 1. The van der Waals surface area contributed by atoms with Gasteiger partial charge in [-0.3, -0.25) is 4.79 Å². The molecule has 0 bridgehead atoms. The van der Waals surface area contributed by atoms with Gasteiger partial charge in [-0.2, -0.15) is 0 Å². The Labute approximate surface area is 140 Å². The molecule has 104 valence electrons. The minimum atomic E-state index is -0.0413. The predicted molar refractivity (Wildman–Crippen MR) is 92.8 cm³/mol.